The standard InChI is InChI=1S/C16H15FN4O3S/c17-12-3-1-11(2-4-12)15(22)9-10-20-13-5-7-14(8-6-13)25(23,24)21-16(18)19/h1-10,20H,(H4,18,19,21)/b10-9-. The lowest BCUT2D eigenvalue weighted by molar-refractivity contribution is 0.104. The Labute approximate surface area is 143 Å². The number of nitrogens with one attached hydrogen (secondary N) is 1. The van der Waals surface area contributed by atoms with Crippen LogP contribution in [0.3, 0.4) is 0 Å². The third-order valence-electron chi connectivity index (χ3n) is 2.99. The first-order chi connectivity index (χ1) is 11.8. The van der Waals surface area contributed by atoms with Crippen molar-refractivity contribution in [1.29, 1.82) is 0 Å². The number of carbonyl (C=O) groups is 1. The van der Waals surface area contributed by atoms with Crippen LogP contribution in [0.5, 0.6) is 0 Å². The van der Waals surface area contributed by atoms with Gasteiger partial charge in [-0.1, -0.05) is 0 Å². The number of ketones is 1. The maximum absolute atomic E-state index is 12.8. The van der Waals surface area contributed by atoms with Crippen LogP contribution in [0.15, 0.2) is 70.1 Å². The molecule has 0 saturated carbocycles. The van der Waals surface area contributed by atoms with Crippen molar-refractivity contribution < 1.29 is 17.6 Å². The summed E-state index contributed by atoms with van der Waals surface area (Å²) in [6.45, 7) is 0. The average Bonchev–Trinajstić information content (AvgIpc) is 2.54. The van der Waals surface area contributed by atoms with Crippen LogP contribution in [0.4, 0.5) is 10.1 Å². The van der Waals surface area contributed by atoms with Gasteiger partial charge in [0.25, 0.3) is 10.0 Å². The third kappa shape index (κ3) is 5.15. The zero-order valence-electron chi connectivity index (χ0n) is 12.9. The summed E-state index contributed by atoms with van der Waals surface area (Å²) in [5, 5.41) is 2.82. The minimum Gasteiger partial charge on any atom is -0.369 e. The molecule has 9 heteroatoms. The van der Waals surface area contributed by atoms with Crippen LogP contribution >= 0.6 is 0 Å². The van der Waals surface area contributed by atoms with Crippen LogP contribution in [0.25, 0.3) is 0 Å². The van der Waals surface area contributed by atoms with E-state index in [1.54, 1.807) is 0 Å². The number of allylic oxidation sites excluding steroid dienone is 1. The van der Waals surface area contributed by atoms with E-state index in [2.05, 4.69) is 9.71 Å². The highest BCUT2D eigenvalue weighted by atomic mass is 32.2. The maximum Gasteiger partial charge on any atom is 0.285 e. The van der Waals surface area contributed by atoms with E-state index in [1.807, 2.05) is 0 Å². The lowest BCUT2D eigenvalue weighted by Gasteiger charge is -2.03. The second kappa shape index (κ2) is 7.58. The summed E-state index contributed by atoms with van der Waals surface area (Å²) < 4.78 is 39.5. The number of nitrogens with two attached hydrogens (primary N) is 2. The molecule has 0 aliphatic heterocycles. The number of sulfonamides is 1. The van der Waals surface area contributed by atoms with Gasteiger partial charge in [0.05, 0.1) is 4.90 Å². The van der Waals surface area contributed by atoms with E-state index in [4.69, 9.17) is 11.5 Å². The summed E-state index contributed by atoms with van der Waals surface area (Å²) >= 11 is 0. The predicted molar refractivity (Wildman–Crippen MR) is 92.9 cm³/mol. The second-order valence-electron chi connectivity index (χ2n) is 4.86. The highest BCUT2D eigenvalue weighted by molar-refractivity contribution is 7.90. The van der Waals surface area contributed by atoms with Gasteiger partial charge in [-0.25, -0.2) is 4.39 Å². The number of hydrogen-bond donors (Lipinski definition) is 3. The molecule has 0 aliphatic rings. The Bertz CT molecular complexity index is 917. The number of hydrogen-bond acceptors (Lipinski definition) is 4. The van der Waals surface area contributed by atoms with Crippen molar-refractivity contribution in [3.8, 4) is 0 Å². The normalized spacial score (nSPS) is 11.2. The minimum atomic E-state index is -3.94. The summed E-state index contributed by atoms with van der Waals surface area (Å²) in [7, 11) is -3.94. The number of benzene rings is 2. The van der Waals surface area contributed by atoms with Gasteiger partial charge in [0.15, 0.2) is 5.78 Å². The fourth-order valence-electron chi connectivity index (χ4n) is 1.84. The molecule has 0 heterocycles. The highest BCUT2D eigenvalue weighted by Gasteiger charge is 2.12. The van der Waals surface area contributed by atoms with Crippen LogP contribution in [0.1, 0.15) is 10.4 Å². The molecule has 5 N–H and O–H groups in total. The molecule has 0 radical (unpaired) electrons. The molecule has 0 unspecified atom stereocenters. The first-order valence-electron chi connectivity index (χ1n) is 6.97. The Hall–Kier alpha value is -3.20. The average molecular weight is 362 g/mol. The molecule has 2 rings (SSSR count). The molecule has 0 saturated heterocycles. The summed E-state index contributed by atoms with van der Waals surface area (Å²) in [6, 6.07) is 10.8. The smallest absolute Gasteiger partial charge is 0.285 e. The number of halogens is 1. The fourth-order valence-corrected chi connectivity index (χ4v) is 2.70. The zero-order valence-corrected chi connectivity index (χ0v) is 13.7. The van der Waals surface area contributed by atoms with Crippen molar-refractivity contribution >= 4 is 27.5 Å². The van der Waals surface area contributed by atoms with Gasteiger partial charge in [0.1, 0.15) is 5.82 Å². The van der Waals surface area contributed by atoms with Gasteiger partial charge >= 0.3 is 0 Å². The van der Waals surface area contributed by atoms with E-state index >= 15 is 0 Å². The molecule has 130 valence electrons. The van der Waals surface area contributed by atoms with E-state index in [1.165, 1.54) is 60.8 Å². The van der Waals surface area contributed by atoms with Gasteiger partial charge in [-0.3, -0.25) is 4.79 Å². The monoisotopic (exact) mass is 362 g/mol. The topological polar surface area (TPSA) is 128 Å². The molecule has 0 aromatic heterocycles. The van der Waals surface area contributed by atoms with Gasteiger partial charge < -0.3 is 16.8 Å². The molecule has 7 nitrogen and oxygen atoms in total. The molecule has 0 fully saturated rings. The number of guanidine groups is 1. The van der Waals surface area contributed by atoms with Crippen molar-refractivity contribution in [3.63, 3.8) is 0 Å². The van der Waals surface area contributed by atoms with E-state index in [9.17, 15) is 17.6 Å². The molecule has 2 aromatic rings. The molecule has 2 aromatic carbocycles. The lowest BCUT2D eigenvalue weighted by atomic mass is 10.1. The molecule has 0 spiro atoms. The van der Waals surface area contributed by atoms with Gasteiger partial charge in [0.2, 0.25) is 5.96 Å². The Morgan fingerprint density at radius 1 is 1.04 bits per heavy atom. The summed E-state index contributed by atoms with van der Waals surface area (Å²) in [4.78, 5) is 11.8. The molecular weight excluding hydrogens is 347 g/mol. The van der Waals surface area contributed by atoms with E-state index in [0.717, 1.165) is 0 Å². The SMILES string of the molecule is NC(N)=NS(=O)(=O)c1ccc(N/C=C\C(=O)c2ccc(F)cc2)cc1. The van der Waals surface area contributed by atoms with Gasteiger partial charge in [-0.2, -0.15) is 8.42 Å². The first kappa shape index (κ1) is 18.1. The van der Waals surface area contributed by atoms with Gasteiger partial charge in [0, 0.05) is 23.5 Å². The van der Waals surface area contributed by atoms with Crippen LogP contribution in [0, 0.1) is 5.82 Å². The van der Waals surface area contributed by atoms with Crippen LogP contribution in [-0.2, 0) is 10.0 Å². The second-order valence-corrected chi connectivity index (χ2v) is 6.47. The molecule has 0 aliphatic carbocycles. The quantitative estimate of drug-likeness (QED) is 0.310. The van der Waals surface area contributed by atoms with Crippen molar-refractivity contribution in [2.24, 2.45) is 15.9 Å². The highest BCUT2D eigenvalue weighted by Crippen LogP contribution is 2.16. The fraction of sp³-hybridized carbons (Fsp3) is 0. The third-order valence-corrected chi connectivity index (χ3v) is 4.31. The lowest BCUT2D eigenvalue weighted by Crippen LogP contribution is -2.24. The summed E-state index contributed by atoms with van der Waals surface area (Å²) in [5.74, 6) is -1.28. The Balaban J connectivity index is 2.03. The maximum atomic E-state index is 12.8. The Kier molecular flexibility index (Phi) is 5.50. The molecular formula is C16H15FN4O3S. The van der Waals surface area contributed by atoms with Gasteiger partial charge in [-0.15, -0.1) is 4.40 Å². The Morgan fingerprint density at radius 2 is 1.64 bits per heavy atom. The molecule has 25 heavy (non-hydrogen) atoms. The zero-order chi connectivity index (χ0) is 18.4. The number of carbonyl (C=O) groups excluding carboxylic acids is 1. The van der Waals surface area contributed by atoms with Gasteiger partial charge in [-0.05, 0) is 48.5 Å². The van der Waals surface area contributed by atoms with Crippen LogP contribution in [-0.4, -0.2) is 20.2 Å². The van der Waals surface area contributed by atoms with E-state index < -0.39 is 21.8 Å². The predicted octanol–water partition coefficient (Wildman–Crippen LogP) is 1.60. The molecule has 0 bridgehead atoms. The van der Waals surface area contributed by atoms with Crippen molar-refractivity contribution in [2.75, 3.05) is 5.32 Å². The van der Waals surface area contributed by atoms with Crippen LogP contribution in [0.2, 0.25) is 0 Å². The van der Waals surface area contributed by atoms with Crippen molar-refractivity contribution in [1.82, 2.24) is 0 Å². The molecule has 0 atom stereocenters. The minimum absolute atomic E-state index is 0.0715. The Morgan fingerprint density at radius 3 is 2.20 bits per heavy atom. The molecule has 0 amide bonds. The number of nitrogens with zero attached hydrogens (tertiary/aromatic N) is 1. The van der Waals surface area contributed by atoms with E-state index in [0.29, 0.717) is 11.3 Å². The van der Waals surface area contributed by atoms with Crippen LogP contribution < -0.4 is 16.8 Å². The van der Waals surface area contributed by atoms with Crippen molar-refractivity contribution in [2.45, 2.75) is 4.90 Å². The largest absolute Gasteiger partial charge is 0.369 e. The first-order valence-corrected chi connectivity index (χ1v) is 8.41. The summed E-state index contributed by atoms with van der Waals surface area (Å²) in [5.41, 5.74) is 11.0. The summed E-state index contributed by atoms with van der Waals surface area (Å²) in [6.07, 6.45) is 2.67. The van der Waals surface area contributed by atoms with E-state index in [-0.39, 0.29) is 10.7 Å². The number of rotatable bonds is 6. The van der Waals surface area contributed by atoms with Crippen molar-refractivity contribution in [3.05, 3.63) is 72.2 Å². The number of anilines is 1.